The highest BCUT2D eigenvalue weighted by Crippen LogP contribution is 2.40. The SMILES string of the molecule is CCC(=O)c1cc(Oc2ccc3c(ccn3S(=O)(=O)C3(C)CC=C(Br)C=C3F)c2)ccc1F. The Labute approximate surface area is 198 Å². The predicted octanol–water partition coefficient (Wildman–Crippen LogP) is 6.64. The average Bonchev–Trinajstić information content (AvgIpc) is 3.21. The molecule has 0 bridgehead atoms. The van der Waals surface area contributed by atoms with Crippen LogP contribution >= 0.6 is 15.9 Å². The van der Waals surface area contributed by atoms with Crippen molar-refractivity contribution < 1.29 is 26.7 Å². The lowest BCUT2D eigenvalue weighted by Crippen LogP contribution is -2.40. The van der Waals surface area contributed by atoms with Gasteiger partial charge in [0.05, 0.1) is 11.1 Å². The molecule has 1 atom stereocenters. The third-order valence-corrected chi connectivity index (χ3v) is 8.59. The molecule has 0 saturated heterocycles. The van der Waals surface area contributed by atoms with Crippen LogP contribution in [0.25, 0.3) is 10.9 Å². The highest BCUT2D eigenvalue weighted by molar-refractivity contribution is 9.11. The van der Waals surface area contributed by atoms with E-state index in [0.29, 0.717) is 21.1 Å². The van der Waals surface area contributed by atoms with E-state index < -0.39 is 26.4 Å². The summed E-state index contributed by atoms with van der Waals surface area (Å²) in [5, 5.41) is 0.559. The summed E-state index contributed by atoms with van der Waals surface area (Å²) in [6.45, 7) is 3.00. The van der Waals surface area contributed by atoms with Gasteiger partial charge in [0.1, 0.15) is 27.9 Å². The molecule has 0 N–H and O–H groups in total. The zero-order valence-electron chi connectivity index (χ0n) is 17.8. The maximum atomic E-state index is 14.7. The molecule has 33 heavy (non-hydrogen) atoms. The van der Waals surface area contributed by atoms with Crippen molar-refractivity contribution in [2.24, 2.45) is 0 Å². The quantitative estimate of drug-likeness (QED) is 0.332. The fourth-order valence-electron chi connectivity index (χ4n) is 3.64. The van der Waals surface area contributed by atoms with Gasteiger partial charge in [-0.2, -0.15) is 0 Å². The first-order valence-electron chi connectivity index (χ1n) is 10.2. The van der Waals surface area contributed by atoms with Gasteiger partial charge in [-0.05, 0) is 61.9 Å². The van der Waals surface area contributed by atoms with Gasteiger partial charge >= 0.3 is 0 Å². The lowest BCUT2D eigenvalue weighted by molar-refractivity contribution is 0.0984. The van der Waals surface area contributed by atoms with Crippen molar-refractivity contribution in [3.05, 3.63) is 82.5 Å². The molecular formula is C24H20BrF2NO4S. The highest BCUT2D eigenvalue weighted by atomic mass is 79.9. The molecule has 9 heteroatoms. The standard InChI is InChI=1S/C24H20BrF2NO4S/c1-3-22(29)19-14-18(4-6-20(19)26)32-17-5-7-21-15(12-17)9-11-28(21)33(30,31)24(2)10-8-16(25)13-23(24)27/h4-9,11-14H,3,10H2,1-2H3. The molecule has 0 radical (unpaired) electrons. The van der Waals surface area contributed by atoms with Gasteiger partial charge in [-0.1, -0.05) is 28.9 Å². The van der Waals surface area contributed by atoms with Gasteiger partial charge in [-0.3, -0.25) is 4.79 Å². The molecule has 1 unspecified atom stereocenters. The number of fused-ring (bicyclic) bond motifs is 1. The minimum atomic E-state index is -4.12. The Balaban J connectivity index is 1.68. The second-order valence-corrected chi connectivity index (χ2v) is 11.0. The van der Waals surface area contributed by atoms with Crippen molar-refractivity contribution in [2.75, 3.05) is 0 Å². The van der Waals surface area contributed by atoms with Gasteiger partial charge in [0.25, 0.3) is 10.0 Å². The Bertz CT molecular complexity index is 1440. The first kappa shape index (κ1) is 23.4. The summed E-state index contributed by atoms with van der Waals surface area (Å²) in [7, 11) is -4.12. The number of carbonyl (C=O) groups excluding carboxylic acids is 1. The normalized spacial score (nSPS) is 18.7. The molecule has 5 nitrogen and oxygen atoms in total. The number of ketones is 1. The molecule has 1 heterocycles. The van der Waals surface area contributed by atoms with Crippen LogP contribution in [-0.4, -0.2) is 22.9 Å². The zero-order valence-corrected chi connectivity index (χ0v) is 20.2. The molecule has 0 spiro atoms. The van der Waals surface area contributed by atoms with E-state index in [-0.39, 0.29) is 29.9 Å². The Morgan fingerprint density at radius 1 is 1.15 bits per heavy atom. The highest BCUT2D eigenvalue weighted by Gasteiger charge is 2.45. The van der Waals surface area contributed by atoms with Crippen LogP contribution in [0.5, 0.6) is 11.5 Å². The maximum absolute atomic E-state index is 14.7. The van der Waals surface area contributed by atoms with E-state index in [1.165, 1.54) is 37.4 Å². The third-order valence-electron chi connectivity index (χ3n) is 5.71. The van der Waals surface area contributed by atoms with E-state index in [1.807, 2.05) is 0 Å². The zero-order chi connectivity index (χ0) is 24.0. The monoisotopic (exact) mass is 535 g/mol. The predicted molar refractivity (Wildman–Crippen MR) is 127 cm³/mol. The van der Waals surface area contributed by atoms with Crippen molar-refractivity contribution in [3.8, 4) is 11.5 Å². The molecule has 0 aliphatic heterocycles. The van der Waals surface area contributed by atoms with Crippen LogP contribution in [0.1, 0.15) is 37.0 Å². The molecule has 172 valence electrons. The van der Waals surface area contributed by atoms with Crippen LogP contribution in [0, 0.1) is 5.82 Å². The van der Waals surface area contributed by atoms with E-state index in [1.54, 1.807) is 37.3 Å². The van der Waals surface area contributed by atoms with Crippen LogP contribution < -0.4 is 4.74 Å². The van der Waals surface area contributed by atoms with E-state index in [2.05, 4.69) is 15.9 Å². The van der Waals surface area contributed by atoms with E-state index in [0.717, 1.165) is 3.97 Å². The van der Waals surface area contributed by atoms with Crippen molar-refractivity contribution in [1.29, 1.82) is 0 Å². The molecule has 1 aliphatic carbocycles. The maximum Gasteiger partial charge on any atom is 0.251 e. The molecule has 0 amide bonds. The van der Waals surface area contributed by atoms with E-state index in [4.69, 9.17) is 4.74 Å². The first-order valence-corrected chi connectivity index (χ1v) is 12.4. The van der Waals surface area contributed by atoms with Gasteiger partial charge in [0.15, 0.2) is 5.78 Å². The number of allylic oxidation sites excluding steroid dienone is 3. The summed E-state index contributed by atoms with van der Waals surface area (Å²) in [6.07, 6.45) is 4.32. The van der Waals surface area contributed by atoms with Gasteiger partial charge < -0.3 is 4.74 Å². The van der Waals surface area contributed by atoms with Crippen molar-refractivity contribution in [3.63, 3.8) is 0 Å². The number of nitrogens with zero attached hydrogens (tertiary/aromatic N) is 1. The van der Waals surface area contributed by atoms with Crippen LogP contribution in [0.2, 0.25) is 0 Å². The van der Waals surface area contributed by atoms with Gasteiger partial charge in [-0.25, -0.2) is 21.2 Å². The van der Waals surface area contributed by atoms with E-state index in [9.17, 15) is 22.0 Å². The lowest BCUT2D eigenvalue weighted by Gasteiger charge is -2.29. The second-order valence-electron chi connectivity index (χ2n) is 7.87. The molecule has 3 aromatic rings. The summed E-state index contributed by atoms with van der Waals surface area (Å²) < 4.78 is 61.0. The number of aromatic nitrogens is 1. The van der Waals surface area contributed by atoms with Crippen molar-refractivity contribution in [2.45, 2.75) is 31.4 Å². The number of benzene rings is 2. The van der Waals surface area contributed by atoms with Crippen molar-refractivity contribution >= 4 is 42.6 Å². The Hall–Kier alpha value is -2.78. The molecule has 0 saturated carbocycles. The Morgan fingerprint density at radius 2 is 1.85 bits per heavy atom. The molecule has 1 aliphatic rings. The van der Waals surface area contributed by atoms with E-state index >= 15 is 0 Å². The molecule has 4 rings (SSSR count). The minimum absolute atomic E-state index is 0.0114. The first-order chi connectivity index (χ1) is 15.6. The number of ether oxygens (including phenoxy) is 1. The molecule has 1 aromatic heterocycles. The third kappa shape index (κ3) is 4.04. The van der Waals surface area contributed by atoms with Crippen LogP contribution in [0.15, 0.2) is 71.1 Å². The average molecular weight is 536 g/mol. The Kier molecular flexibility index (Phi) is 6.05. The van der Waals surface area contributed by atoms with Gasteiger partial charge in [0, 0.05) is 22.5 Å². The number of carbonyl (C=O) groups is 1. The fraction of sp³-hybridized carbons (Fsp3) is 0.208. The largest absolute Gasteiger partial charge is 0.457 e. The summed E-state index contributed by atoms with van der Waals surface area (Å²) >= 11 is 3.18. The number of hydrogen-bond acceptors (Lipinski definition) is 4. The molecule has 0 fully saturated rings. The number of hydrogen-bond donors (Lipinski definition) is 0. The minimum Gasteiger partial charge on any atom is -0.457 e. The second kappa shape index (κ2) is 8.53. The van der Waals surface area contributed by atoms with Crippen molar-refractivity contribution in [1.82, 2.24) is 3.97 Å². The molecular weight excluding hydrogens is 516 g/mol. The Morgan fingerprint density at radius 3 is 2.55 bits per heavy atom. The van der Waals surface area contributed by atoms with Crippen LogP contribution in [0.3, 0.4) is 0 Å². The van der Waals surface area contributed by atoms with Crippen LogP contribution in [0.4, 0.5) is 8.78 Å². The number of Topliss-reactive ketones (excluding diaryl/α,β-unsaturated/α-hetero) is 1. The molecule has 2 aromatic carbocycles. The lowest BCUT2D eigenvalue weighted by atomic mass is 10.0. The fourth-order valence-corrected chi connectivity index (χ4v) is 5.69. The van der Waals surface area contributed by atoms with Gasteiger partial charge in [-0.15, -0.1) is 0 Å². The number of rotatable bonds is 6. The summed E-state index contributed by atoms with van der Waals surface area (Å²) in [4.78, 5) is 11.9. The summed E-state index contributed by atoms with van der Waals surface area (Å²) in [5.41, 5.74) is 0.316. The van der Waals surface area contributed by atoms with Crippen LogP contribution in [-0.2, 0) is 10.0 Å². The number of halogens is 3. The van der Waals surface area contributed by atoms with Gasteiger partial charge in [0.2, 0.25) is 0 Å². The summed E-state index contributed by atoms with van der Waals surface area (Å²) in [6, 6.07) is 10.2. The summed E-state index contributed by atoms with van der Waals surface area (Å²) in [5.74, 6) is -1.05. The topological polar surface area (TPSA) is 65.4 Å². The smallest absolute Gasteiger partial charge is 0.251 e.